The zero-order valence-electron chi connectivity index (χ0n) is 15.9. The molecule has 0 saturated carbocycles. The molecule has 1 aliphatic rings. The fraction of sp³-hybridized carbons (Fsp3) is 0.364. The van der Waals surface area contributed by atoms with Crippen LogP contribution in [0.3, 0.4) is 0 Å². The Labute approximate surface area is 170 Å². The molecule has 0 radical (unpaired) electrons. The Morgan fingerprint density at radius 2 is 1.86 bits per heavy atom. The van der Waals surface area contributed by atoms with Gasteiger partial charge in [-0.25, -0.2) is 0 Å². The molecule has 6 heteroatoms. The van der Waals surface area contributed by atoms with E-state index in [1.807, 2.05) is 43.3 Å². The van der Waals surface area contributed by atoms with Gasteiger partial charge in [0.2, 0.25) is 5.91 Å². The van der Waals surface area contributed by atoms with Gasteiger partial charge in [-0.05, 0) is 68.2 Å². The van der Waals surface area contributed by atoms with Gasteiger partial charge in [0.1, 0.15) is 0 Å². The van der Waals surface area contributed by atoms with Gasteiger partial charge in [-0.1, -0.05) is 35.9 Å². The van der Waals surface area contributed by atoms with Crippen LogP contribution in [0.1, 0.15) is 36.8 Å². The zero-order chi connectivity index (χ0) is 20.1. The summed E-state index contributed by atoms with van der Waals surface area (Å²) in [5, 5.41) is 12.7. The number of nitrogens with zero attached hydrogens (tertiary/aromatic N) is 1. The lowest BCUT2D eigenvalue weighted by Crippen LogP contribution is -2.35. The van der Waals surface area contributed by atoms with Gasteiger partial charge in [0.25, 0.3) is 0 Å². The quantitative estimate of drug-likeness (QED) is 0.755. The summed E-state index contributed by atoms with van der Waals surface area (Å²) in [7, 11) is 0. The van der Waals surface area contributed by atoms with Crippen molar-refractivity contribution < 1.29 is 14.7 Å². The SMILES string of the molecule is CC(C(=O)Nc1cccc(CN2CCC(C(=O)O)CC2)c1)c1ccc(Cl)cc1. The highest BCUT2D eigenvalue weighted by molar-refractivity contribution is 6.30. The Morgan fingerprint density at radius 3 is 2.50 bits per heavy atom. The fourth-order valence-electron chi connectivity index (χ4n) is 3.50. The predicted octanol–water partition coefficient (Wildman–Crippen LogP) is 4.38. The molecule has 2 aromatic carbocycles. The van der Waals surface area contributed by atoms with E-state index in [1.165, 1.54) is 0 Å². The molecule has 0 spiro atoms. The minimum absolute atomic E-state index is 0.0678. The van der Waals surface area contributed by atoms with Crippen LogP contribution in [0.25, 0.3) is 0 Å². The van der Waals surface area contributed by atoms with Crippen LogP contribution in [-0.2, 0) is 16.1 Å². The fourth-order valence-corrected chi connectivity index (χ4v) is 3.62. The van der Waals surface area contributed by atoms with Crippen molar-refractivity contribution in [1.29, 1.82) is 0 Å². The second kappa shape index (κ2) is 9.22. The summed E-state index contributed by atoms with van der Waals surface area (Å²) in [6.45, 7) is 4.18. The molecule has 1 atom stereocenters. The molecule has 3 rings (SSSR count). The molecule has 1 fully saturated rings. The number of carbonyl (C=O) groups is 2. The number of piperidine rings is 1. The second-order valence-electron chi connectivity index (χ2n) is 7.35. The maximum absolute atomic E-state index is 12.6. The third-order valence-corrected chi connectivity index (χ3v) is 5.55. The maximum atomic E-state index is 12.6. The monoisotopic (exact) mass is 400 g/mol. The highest BCUT2D eigenvalue weighted by atomic mass is 35.5. The third kappa shape index (κ3) is 5.33. The lowest BCUT2D eigenvalue weighted by atomic mass is 9.97. The first-order chi connectivity index (χ1) is 13.4. The molecule has 1 aliphatic heterocycles. The predicted molar refractivity (Wildman–Crippen MR) is 111 cm³/mol. The van der Waals surface area contributed by atoms with Crippen molar-refractivity contribution in [2.45, 2.75) is 32.2 Å². The standard InChI is InChI=1S/C22H25ClN2O3/c1-15(17-5-7-19(23)8-6-17)21(26)24-20-4-2-3-16(13-20)14-25-11-9-18(10-12-25)22(27)28/h2-8,13,15,18H,9-12,14H2,1H3,(H,24,26)(H,27,28). The Kier molecular flexibility index (Phi) is 6.70. The van der Waals surface area contributed by atoms with Gasteiger partial charge in [-0.3, -0.25) is 14.5 Å². The summed E-state index contributed by atoms with van der Waals surface area (Å²) >= 11 is 5.91. The molecular weight excluding hydrogens is 376 g/mol. The Balaban J connectivity index is 1.58. The number of carbonyl (C=O) groups excluding carboxylic acids is 1. The molecule has 1 amide bonds. The number of halogens is 1. The summed E-state index contributed by atoms with van der Waals surface area (Å²) in [5.41, 5.74) is 2.79. The average Bonchev–Trinajstić information content (AvgIpc) is 2.68. The molecule has 148 valence electrons. The van der Waals surface area contributed by atoms with Gasteiger partial charge < -0.3 is 10.4 Å². The number of rotatable bonds is 6. The zero-order valence-corrected chi connectivity index (χ0v) is 16.7. The topological polar surface area (TPSA) is 69.6 Å². The first kappa shape index (κ1) is 20.4. The summed E-state index contributed by atoms with van der Waals surface area (Å²) in [6, 6.07) is 15.1. The van der Waals surface area contributed by atoms with E-state index in [0.717, 1.165) is 36.4 Å². The number of amides is 1. The van der Waals surface area contributed by atoms with Gasteiger partial charge in [0.05, 0.1) is 11.8 Å². The number of carboxylic acid groups (broad SMARTS) is 1. The largest absolute Gasteiger partial charge is 0.481 e. The minimum atomic E-state index is -0.695. The Morgan fingerprint density at radius 1 is 1.18 bits per heavy atom. The van der Waals surface area contributed by atoms with Gasteiger partial charge in [0, 0.05) is 17.3 Å². The van der Waals surface area contributed by atoms with Crippen molar-refractivity contribution in [2.75, 3.05) is 18.4 Å². The molecular formula is C22H25ClN2O3. The average molecular weight is 401 g/mol. The molecule has 28 heavy (non-hydrogen) atoms. The molecule has 0 aliphatic carbocycles. The number of hydrogen-bond acceptors (Lipinski definition) is 3. The molecule has 0 bridgehead atoms. The highest BCUT2D eigenvalue weighted by Crippen LogP contribution is 2.22. The van der Waals surface area contributed by atoms with E-state index in [9.17, 15) is 9.59 Å². The number of anilines is 1. The number of likely N-dealkylation sites (tertiary alicyclic amines) is 1. The molecule has 5 nitrogen and oxygen atoms in total. The smallest absolute Gasteiger partial charge is 0.306 e. The van der Waals surface area contributed by atoms with Crippen LogP contribution in [0.5, 0.6) is 0 Å². The Bertz CT molecular complexity index is 830. The Hall–Kier alpha value is -2.37. The molecule has 1 unspecified atom stereocenters. The van der Waals surface area contributed by atoms with Crippen LogP contribution in [-0.4, -0.2) is 35.0 Å². The summed E-state index contributed by atoms with van der Waals surface area (Å²) in [4.78, 5) is 25.9. The molecule has 0 aromatic heterocycles. The van der Waals surface area contributed by atoms with Gasteiger partial charge in [-0.15, -0.1) is 0 Å². The van der Waals surface area contributed by atoms with E-state index in [1.54, 1.807) is 12.1 Å². The van der Waals surface area contributed by atoms with Crippen molar-refractivity contribution >= 4 is 29.2 Å². The lowest BCUT2D eigenvalue weighted by Gasteiger charge is -2.30. The molecule has 1 saturated heterocycles. The van der Waals surface area contributed by atoms with Crippen LogP contribution in [0.15, 0.2) is 48.5 Å². The first-order valence-corrected chi connectivity index (χ1v) is 9.90. The summed E-state index contributed by atoms with van der Waals surface area (Å²) < 4.78 is 0. The number of nitrogens with one attached hydrogen (secondary N) is 1. The van der Waals surface area contributed by atoms with Gasteiger partial charge in [0.15, 0.2) is 0 Å². The van der Waals surface area contributed by atoms with E-state index in [4.69, 9.17) is 16.7 Å². The van der Waals surface area contributed by atoms with E-state index >= 15 is 0 Å². The molecule has 2 N–H and O–H groups in total. The van der Waals surface area contributed by atoms with Crippen molar-refractivity contribution in [3.05, 3.63) is 64.7 Å². The van der Waals surface area contributed by atoms with Crippen molar-refractivity contribution in [2.24, 2.45) is 5.92 Å². The maximum Gasteiger partial charge on any atom is 0.306 e. The molecule has 1 heterocycles. The number of aliphatic carboxylic acids is 1. The summed E-state index contributed by atoms with van der Waals surface area (Å²) in [6.07, 6.45) is 1.37. The number of carboxylic acids is 1. The molecule has 2 aromatic rings. The van der Waals surface area contributed by atoms with E-state index in [2.05, 4.69) is 10.2 Å². The van der Waals surface area contributed by atoms with Gasteiger partial charge >= 0.3 is 5.97 Å². The summed E-state index contributed by atoms with van der Waals surface area (Å²) in [5.74, 6) is -1.27. The van der Waals surface area contributed by atoms with Crippen LogP contribution in [0.4, 0.5) is 5.69 Å². The van der Waals surface area contributed by atoms with Crippen LogP contribution in [0.2, 0.25) is 5.02 Å². The second-order valence-corrected chi connectivity index (χ2v) is 7.79. The first-order valence-electron chi connectivity index (χ1n) is 9.53. The normalized spacial score (nSPS) is 16.5. The number of hydrogen-bond donors (Lipinski definition) is 2. The van der Waals surface area contributed by atoms with Crippen molar-refractivity contribution in [3.8, 4) is 0 Å². The number of benzene rings is 2. The van der Waals surface area contributed by atoms with E-state index in [-0.39, 0.29) is 17.7 Å². The highest BCUT2D eigenvalue weighted by Gasteiger charge is 2.24. The van der Waals surface area contributed by atoms with E-state index < -0.39 is 5.97 Å². The van der Waals surface area contributed by atoms with Crippen LogP contribution >= 0.6 is 11.6 Å². The van der Waals surface area contributed by atoms with Crippen molar-refractivity contribution in [3.63, 3.8) is 0 Å². The van der Waals surface area contributed by atoms with Crippen LogP contribution < -0.4 is 5.32 Å². The van der Waals surface area contributed by atoms with E-state index in [0.29, 0.717) is 17.9 Å². The minimum Gasteiger partial charge on any atom is -0.481 e. The van der Waals surface area contributed by atoms with Crippen molar-refractivity contribution in [1.82, 2.24) is 4.90 Å². The van der Waals surface area contributed by atoms with Gasteiger partial charge in [-0.2, -0.15) is 0 Å². The lowest BCUT2D eigenvalue weighted by molar-refractivity contribution is -0.143. The third-order valence-electron chi connectivity index (χ3n) is 5.30. The van der Waals surface area contributed by atoms with Crippen LogP contribution in [0, 0.1) is 5.92 Å².